The smallest absolute Gasteiger partial charge is 0.130 e. The van der Waals surface area contributed by atoms with Gasteiger partial charge in [-0.3, -0.25) is 0 Å². The van der Waals surface area contributed by atoms with E-state index in [9.17, 15) is 0 Å². The number of rotatable bonds is 4. The molecule has 5 heteroatoms. The maximum atomic E-state index is 4.14. The van der Waals surface area contributed by atoms with Crippen LogP contribution in [0.25, 0.3) is 0 Å². The number of nitrogens with zero attached hydrogens (tertiary/aromatic N) is 2. The van der Waals surface area contributed by atoms with E-state index in [1.807, 2.05) is 17.8 Å². The van der Waals surface area contributed by atoms with Gasteiger partial charge in [0.2, 0.25) is 0 Å². The third-order valence-electron chi connectivity index (χ3n) is 2.47. The average Bonchev–Trinajstić information content (AvgIpc) is 2.96. The molecule has 0 aromatic carbocycles. The first kappa shape index (κ1) is 10.2. The van der Waals surface area contributed by atoms with Crippen molar-refractivity contribution in [2.24, 2.45) is 0 Å². The average molecular weight is 274 g/mol. The molecule has 1 aromatic heterocycles. The molecule has 0 aliphatic heterocycles. The van der Waals surface area contributed by atoms with Gasteiger partial charge in [-0.25, -0.2) is 9.97 Å². The summed E-state index contributed by atoms with van der Waals surface area (Å²) >= 11 is 5.26. The predicted octanol–water partition coefficient (Wildman–Crippen LogP) is 2.55. The third-order valence-corrected chi connectivity index (χ3v) is 4.32. The summed E-state index contributed by atoms with van der Waals surface area (Å²) in [5.74, 6) is 0.896. The van der Waals surface area contributed by atoms with Crippen LogP contribution in [0, 0.1) is 0 Å². The second kappa shape index (κ2) is 4.06. The monoisotopic (exact) mass is 273 g/mol. The lowest BCUT2D eigenvalue weighted by Gasteiger charge is -2.13. The van der Waals surface area contributed by atoms with Crippen molar-refractivity contribution in [1.29, 1.82) is 0 Å². The maximum Gasteiger partial charge on any atom is 0.130 e. The van der Waals surface area contributed by atoms with Gasteiger partial charge in [0.05, 0.1) is 0 Å². The summed E-state index contributed by atoms with van der Waals surface area (Å²) in [6, 6.07) is 1.90. The van der Waals surface area contributed by atoms with Crippen LogP contribution < -0.4 is 5.32 Å². The zero-order chi connectivity index (χ0) is 10.0. The molecular weight excluding hydrogens is 262 g/mol. The third kappa shape index (κ3) is 2.39. The Morgan fingerprint density at radius 2 is 2.36 bits per heavy atom. The molecule has 0 saturated heterocycles. The number of anilines is 1. The quantitative estimate of drug-likeness (QED) is 0.856. The van der Waals surface area contributed by atoms with Gasteiger partial charge in [-0.05, 0) is 35.0 Å². The first-order valence-electron chi connectivity index (χ1n) is 4.51. The number of hydrogen-bond acceptors (Lipinski definition) is 4. The van der Waals surface area contributed by atoms with Crippen LogP contribution in [0.1, 0.15) is 12.8 Å². The van der Waals surface area contributed by atoms with Crippen molar-refractivity contribution in [3.8, 4) is 0 Å². The molecule has 1 aliphatic rings. The van der Waals surface area contributed by atoms with Gasteiger partial charge in [0, 0.05) is 17.4 Å². The maximum absolute atomic E-state index is 4.14. The van der Waals surface area contributed by atoms with Gasteiger partial charge >= 0.3 is 0 Å². The zero-order valence-electron chi connectivity index (χ0n) is 7.96. The van der Waals surface area contributed by atoms with E-state index < -0.39 is 0 Å². The van der Waals surface area contributed by atoms with E-state index in [0.717, 1.165) is 17.0 Å². The summed E-state index contributed by atoms with van der Waals surface area (Å²) in [6.07, 6.45) is 6.36. The summed E-state index contributed by atoms with van der Waals surface area (Å²) in [4.78, 5) is 8.12. The van der Waals surface area contributed by atoms with E-state index in [2.05, 4.69) is 37.5 Å². The number of hydrogen-bond donors (Lipinski definition) is 1. The Morgan fingerprint density at radius 1 is 1.57 bits per heavy atom. The van der Waals surface area contributed by atoms with E-state index >= 15 is 0 Å². The summed E-state index contributed by atoms with van der Waals surface area (Å²) in [5.41, 5.74) is 0. The Kier molecular flexibility index (Phi) is 2.97. The number of nitrogens with one attached hydrogen (secondary N) is 1. The number of halogens is 1. The van der Waals surface area contributed by atoms with E-state index in [0.29, 0.717) is 4.75 Å². The Hall–Kier alpha value is -0.290. The molecule has 3 nitrogen and oxygen atoms in total. The van der Waals surface area contributed by atoms with Crippen LogP contribution in [0.5, 0.6) is 0 Å². The van der Waals surface area contributed by atoms with E-state index in [4.69, 9.17) is 0 Å². The van der Waals surface area contributed by atoms with Crippen LogP contribution in [-0.4, -0.2) is 27.5 Å². The van der Waals surface area contributed by atoms with Crippen molar-refractivity contribution in [3.63, 3.8) is 0 Å². The molecule has 0 atom stereocenters. The normalized spacial score (nSPS) is 17.9. The Morgan fingerprint density at radius 3 is 2.93 bits per heavy atom. The molecule has 0 bridgehead atoms. The van der Waals surface area contributed by atoms with E-state index in [1.165, 1.54) is 12.8 Å². The van der Waals surface area contributed by atoms with Crippen molar-refractivity contribution in [3.05, 3.63) is 17.0 Å². The van der Waals surface area contributed by atoms with Crippen molar-refractivity contribution >= 4 is 33.5 Å². The fourth-order valence-electron chi connectivity index (χ4n) is 1.27. The molecule has 1 aromatic rings. The van der Waals surface area contributed by atoms with Crippen molar-refractivity contribution in [2.75, 3.05) is 18.1 Å². The predicted molar refractivity (Wildman–Crippen MR) is 63.7 cm³/mol. The van der Waals surface area contributed by atoms with Crippen LogP contribution in [0.15, 0.2) is 17.0 Å². The SMILES string of the molecule is CSC1(CNc2cc(Br)ncn2)CC1. The molecule has 1 fully saturated rings. The van der Waals surface area contributed by atoms with Crippen molar-refractivity contribution in [2.45, 2.75) is 17.6 Å². The summed E-state index contributed by atoms with van der Waals surface area (Å²) in [6.45, 7) is 0.998. The van der Waals surface area contributed by atoms with Crippen LogP contribution in [-0.2, 0) is 0 Å². The molecule has 1 N–H and O–H groups in total. The molecule has 14 heavy (non-hydrogen) atoms. The van der Waals surface area contributed by atoms with Gasteiger partial charge in [0.15, 0.2) is 0 Å². The topological polar surface area (TPSA) is 37.8 Å². The lowest BCUT2D eigenvalue weighted by atomic mass is 10.4. The lowest BCUT2D eigenvalue weighted by Crippen LogP contribution is -2.17. The van der Waals surface area contributed by atoms with Crippen LogP contribution in [0.4, 0.5) is 5.82 Å². The largest absolute Gasteiger partial charge is 0.369 e. The zero-order valence-corrected chi connectivity index (χ0v) is 10.4. The second-order valence-corrected chi connectivity index (χ2v) is 5.55. The molecule has 1 heterocycles. The fraction of sp³-hybridized carbons (Fsp3) is 0.556. The highest BCUT2D eigenvalue weighted by molar-refractivity contribution is 9.10. The highest BCUT2D eigenvalue weighted by Gasteiger charge is 2.41. The van der Waals surface area contributed by atoms with Crippen LogP contribution in [0.3, 0.4) is 0 Å². The molecule has 1 aliphatic carbocycles. The summed E-state index contributed by atoms with van der Waals surface area (Å²) < 4.78 is 1.29. The highest BCUT2D eigenvalue weighted by atomic mass is 79.9. The van der Waals surface area contributed by atoms with Gasteiger partial charge in [-0.1, -0.05) is 0 Å². The minimum atomic E-state index is 0.470. The van der Waals surface area contributed by atoms with Crippen molar-refractivity contribution in [1.82, 2.24) is 9.97 Å². The van der Waals surface area contributed by atoms with Gasteiger partial charge in [-0.2, -0.15) is 11.8 Å². The van der Waals surface area contributed by atoms with E-state index in [1.54, 1.807) is 6.33 Å². The molecule has 0 unspecified atom stereocenters. The van der Waals surface area contributed by atoms with Gasteiger partial charge < -0.3 is 5.32 Å². The Balaban J connectivity index is 1.92. The number of thioether (sulfide) groups is 1. The summed E-state index contributed by atoms with van der Waals surface area (Å²) in [7, 11) is 0. The lowest BCUT2D eigenvalue weighted by molar-refractivity contribution is 0.936. The first-order chi connectivity index (χ1) is 6.74. The number of aromatic nitrogens is 2. The highest BCUT2D eigenvalue weighted by Crippen LogP contribution is 2.46. The fourth-order valence-corrected chi connectivity index (χ4v) is 2.31. The Bertz CT molecular complexity index is 328. The molecule has 0 radical (unpaired) electrons. The molecule has 0 amide bonds. The minimum absolute atomic E-state index is 0.470. The molecule has 2 rings (SSSR count). The van der Waals surface area contributed by atoms with Gasteiger partial charge in [0.25, 0.3) is 0 Å². The van der Waals surface area contributed by atoms with Gasteiger partial charge in [-0.15, -0.1) is 0 Å². The molecular formula is C9H12BrN3S. The van der Waals surface area contributed by atoms with Crippen LogP contribution in [0.2, 0.25) is 0 Å². The van der Waals surface area contributed by atoms with E-state index in [-0.39, 0.29) is 0 Å². The molecule has 0 spiro atoms. The molecule has 76 valence electrons. The van der Waals surface area contributed by atoms with Crippen molar-refractivity contribution < 1.29 is 0 Å². The Labute approximate surface area is 96.2 Å². The molecule has 1 saturated carbocycles. The summed E-state index contributed by atoms with van der Waals surface area (Å²) in [5, 5.41) is 3.34. The van der Waals surface area contributed by atoms with Crippen LogP contribution >= 0.6 is 27.7 Å². The van der Waals surface area contributed by atoms with Gasteiger partial charge in [0.1, 0.15) is 16.7 Å². The second-order valence-electron chi connectivity index (χ2n) is 3.47. The standard InChI is InChI=1S/C9H12BrN3S/c1-14-9(2-3-9)5-11-8-4-7(10)12-6-13-8/h4,6H,2-3,5H2,1H3,(H,11,12,13). The minimum Gasteiger partial charge on any atom is -0.369 e. The first-order valence-corrected chi connectivity index (χ1v) is 6.52.